The Morgan fingerprint density at radius 2 is 2.33 bits per heavy atom. The molecule has 0 atom stereocenters. The first kappa shape index (κ1) is 9.45. The first-order valence-electron chi connectivity index (χ1n) is 4.63. The third-order valence-electron chi connectivity index (χ3n) is 2.13. The SMILES string of the molecule is C=Nc1nc2ccc(N)cc2n1/C=C\C. The monoisotopic (exact) mass is 200 g/mol. The van der Waals surface area contributed by atoms with Gasteiger partial charge in [0.05, 0.1) is 11.0 Å². The average molecular weight is 200 g/mol. The highest BCUT2D eigenvalue weighted by molar-refractivity contribution is 5.83. The van der Waals surface area contributed by atoms with Crippen LogP contribution in [0.5, 0.6) is 0 Å². The van der Waals surface area contributed by atoms with Gasteiger partial charge in [-0.25, -0.2) is 9.98 Å². The quantitative estimate of drug-likeness (QED) is 0.598. The Morgan fingerprint density at radius 3 is 3.00 bits per heavy atom. The van der Waals surface area contributed by atoms with Crippen molar-refractivity contribution in [3.63, 3.8) is 0 Å². The lowest BCUT2D eigenvalue weighted by Gasteiger charge is -1.98. The zero-order valence-corrected chi connectivity index (χ0v) is 8.51. The standard InChI is InChI=1S/C11H12N4/c1-3-6-15-10-7-8(12)4-5-9(10)14-11(15)13-2/h3-7H,2,12H2,1H3/b6-3-. The van der Waals surface area contributed by atoms with Gasteiger partial charge in [0.2, 0.25) is 5.95 Å². The Hall–Kier alpha value is -2.10. The molecule has 0 aliphatic heterocycles. The van der Waals surface area contributed by atoms with Crippen molar-refractivity contribution in [2.75, 3.05) is 5.73 Å². The van der Waals surface area contributed by atoms with Gasteiger partial charge in [0, 0.05) is 11.9 Å². The van der Waals surface area contributed by atoms with E-state index in [0.717, 1.165) is 11.0 Å². The van der Waals surface area contributed by atoms with E-state index in [1.54, 1.807) is 0 Å². The zero-order valence-electron chi connectivity index (χ0n) is 8.51. The summed E-state index contributed by atoms with van der Waals surface area (Å²) in [6.45, 7) is 5.43. The minimum atomic E-state index is 0.578. The number of nitrogen functional groups attached to an aromatic ring is 1. The van der Waals surface area contributed by atoms with E-state index < -0.39 is 0 Å². The summed E-state index contributed by atoms with van der Waals surface area (Å²) in [5.41, 5.74) is 8.25. The Balaban J connectivity index is 2.81. The van der Waals surface area contributed by atoms with Crippen LogP contribution in [0, 0.1) is 0 Å². The fourth-order valence-corrected chi connectivity index (χ4v) is 1.50. The van der Waals surface area contributed by atoms with Gasteiger partial charge in [0.1, 0.15) is 0 Å². The minimum Gasteiger partial charge on any atom is -0.399 e. The molecule has 1 aromatic heterocycles. The maximum absolute atomic E-state index is 5.73. The summed E-state index contributed by atoms with van der Waals surface area (Å²) in [6.07, 6.45) is 3.80. The highest BCUT2D eigenvalue weighted by atomic mass is 15.2. The van der Waals surface area contributed by atoms with Crippen molar-refractivity contribution >= 4 is 35.6 Å². The Morgan fingerprint density at radius 1 is 1.53 bits per heavy atom. The van der Waals surface area contributed by atoms with Crippen LogP contribution in [0.25, 0.3) is 17.2 Å². The average Bonchev–Trinajstić information content (AvgIpc) is 2.57. The molecule has 15 heavy (non-hydrogen) atoms. The molecule has 2 aromatic rings. The summed E-state index contributed by atoms with van der Waals surface area (Å²) in [6, 6.07) is 5.57. The number of allylic oxidation sites excluding steroid dienone is 1. The molecule has 0 amide bonds. The number of anilines is 1. The number of fused-ring (bicyclic) bond motifs is 1. The summed E-state index contributed by atoms with van der Waals surface area (Å²) >= 11 is 0. The molecule has 2 rings (SSSR count). The predicted molar refractivity (Wildman–Crippen MR) is 64.4 cm³/mol. The van der Waals surface area contributed by atoms with Crippen molar-refractivity contribution in [2.45, 2.75) is 6.92 Å². The van der Waals surface area contributed by atoms with Crippen LogP contribution in [-0.2, 0) is 0 Å². The van der Waals surface area contributed by atoms with E-state index in [1.807, 2.05) is 42.0 Å². The highest BCUT2D eigenvalue weighted by Crippen LogP contribution is 2.23. The van der Waals surface area contributed by atoms with Crippen LogP contribution in [0.1, 0.15) is 6.92 Å². The number of nitrogens with two attached hydrogens (primary N) is 1. The summed E-state index contributed by atoms with van der Waals surface area (Å²) < 4.78 is 1.86. The van der Waals surface area contributed by atoms with E-state index in [1.165, 1.54) is 0 Å². The Kier molecular flexibility index (Phi) is 2.25. The van der Waals surface area contributed by atoms with Gasteiger partial charge in [-0.2, -0.15) is 0 Å². The van der Waals surface area contributed by atoms with Crippen molar-refractivity contribution in [3.05, 3.63) is 24.3 Å². The van der Waals surface area contributed by atoms with Crippen molar-refractivity contribution in [1.82, 2.24) is 9.55 Å². The molecule has 2 N–H and O–H groups in total. The third kappa shape index (κ3) is 1.50. The number of benzene rings is 1. The lowest BCUT2D eigenvalue weighted by Crippen LogP contribution is -1.87. The summed E-state index contributed by atoms with van der Waals surface area (Å²) in [5.74, 6) is 0.578. The van der Waals surface area contributed by atoms with Crippen molar-refractivity contribution in [3.8, 4) is 0 Å². The number of aromatic nitrogens is 2. The van der Waals surface area contributed by atoms with Crippen LogP contribution in [-0.4, -0.2) is 16.3 Å². The smallest absolute Gasteiger partial charge is 0.234 e. The Labute approximate surface area is 87.8 Å². The van der Waals surface area contributed by atoms with E-state index in [-0.39, 0.29) is 0 Å². The van der Waals surface area contributed by atoms with Crippen LogP contribution < -0.4 is 5.73 Å². The van der Waals surface area contributed by atoms with E-state index in [4.69, 9.17) is 5.73 Å². The first-order valence-corrected chi connectivity index (χ1v) is 4.63. The zero-order chi connectivity index (χ0) is 10.8. The lowest BCUT2D eigenvalue weighted by molar-refractivity contribution is 1.14. The molecule has 0 unspecified atom stereocenters. The number of aliphatic imine (C=N–C) groups is 1. The van der Waals surface area contributed by atoms with Crippen LogP contribution in [0.3, 0.4) is 0 Å². The summed E-state index contributed by atoms with van der Waals surface area (Å²) in [5, 5.41) is 0. The van der Waals surface area contributed by atoms with Gasteiger partial charge in [-0.3, -0.25) is 4.57 Å². The maximum Gasteiger partial charge on any atom is 0.234 e. The molecule has 0 radical (unpaired) electrons. The van der Waals surface area contributed by atoms with Crippen LogP contribution in [0.15, 0.2) is 29.3 Å². The molecule has 0 aliphatic carbocycles. The molecule has 4 heteroatoms. The lowest BCUT2D eigenvalue weighted by atomic mass is 10.3. The molecule has 0 spiro atoms. The van der Waals surface area contributed by atoms with Crippen LogP contribution in [0.4, 0.5) is 11.6 Å². The molecular formula is C11H12N4. The second kappa shape index (κ2) is 3.57. The van der Waals surface area contributed by atoms with E-state index in [9.17, 15) is 0 Å². The molecule has 0 fully saturated rings. The van der Waals surface area contributed by atoms with Gasteiger partial charge in [0.25, 0.3) is 0 Å². The second-order valence-electron chi connectivity index (χ2n) is 3.17. The fourth-order valence-electron chi connectivity index (χ4n) is 1.50. The molecule has 0 saturated heterocycles. The Bertz CT molecular complexity index is 537. The van der Waals surface area contributed by atoms with Crippen LogP contribution >= 0.6 is 0 Å². The highest BCUT2D eigenvalue weighted by Gasteiger charge is 2.06. The second-order valence-corrected chi connectivity index (χ2v) is 3.17. The minimum absolute atomic E-state index is 0.578. The van der Waals surface area contributed by atoms with Crippen molar-refractivity contribution in [1.29, 1.82) is 0 Å². The largest absolute Gasteiger partial charge is 0.399 e. The number of nitrogens with zero attached hydrogens (tertiary/aromatic N) is 3. The number of hydrogen-bond donors (Lipinski definition) is 1. The predicted octanol–water partition coefficient (Wildman–Crippen LogP) is 2.44. The number of hydrogen-bond acceptors (Lipinski definition) is 3. The van der Waals surface area contributed by atoms with Crippen molar-refractivity contribution in [2.24, 2.45) is 4.99 Å². The topological polar surface area (TPSA) is 56.2 Å². The first-order chi connectivity index (χ1) is 7.26. The molecule has 0 aliphatic rings. The molecule has 0 saturated carbocycles. The van der Waals surface area contributed by atoms with Gasteiger partial charge >= 0.3 is 0 Å². The molecule has 4 nitrogen and oxygen atoms in total. The van der Waals surface area contributed by atoms with Gasteiger partial charge < -0.3 is 5.73 Å². The van der Waals surface area contributed by atoms with Gasteiger partial charge in [-0.15, -0.1) is 0 Å². The number of imidazole rings is 1. The van der Waals surface area contributed by atoms with E-state index >= 15 is 0 Å². The molecular weight excluding hydrogens is 188 g/mol. The van der Waals surface area contributed by atoms with Gasteiger partial charge in [-0.05, 0) is 31.8 Å². The molecule has 1 aromatic carbocycles. The maximum atomic E-state index is 5.73. The third-order valence-corrected chi connectivity index (χ3v) is 2.13. The summed E-state index contributed by atoms with van der Waals surface area (Å²) in [7, 11) is 0. The van der Waals surface area contributed by atoms with E-state index in [2.05, 4.69) is 16.7 Å². The molecule has 1 heterocycles. The summed E-state index contributed by atoms with van der Waals surface area (Å²) in [4.78, 5) is 8.18. The van der Waals surface area contributed by atoms with Gasteiger partial charge in [0.15, 0.2) is 0 Å². The number of rotatable bonds is 2. The molecule has 76 valence electrons. The normalized spacial score (nSPS) is 11.3. The van der Waals surface area contributed by atoms with Crippen LogP contribution in [0.2, 0.25) is 0 Å². The molecule has 0 bridgehead atoms. The van der Waals surface area contributed by atoms with E-state index in [0.29, 0.717) is 11.6 Å². The fraction of sp³-hybridized carbons (Fsp3) is 0.0909. The van der Waals surface area contributed by atoms with Gasteiger partial charge in [-0.1, -0.05) is 6.08 Å². The van der Waals surface area contributed by atoms with Crippen molar-refractivity contribution < 1.29 is 0 Å².